The van der Waals surface area contributed by atoms with Crippen molar-refractivity contribution in [3.63, 3.8) is 0 Å². The maximum Gasteiger partial charge on any atom is 0.416 e. The number of hydrogen-bond acceptors (Lipinski definition) is 5. The van der Waals surface area contributed by atoms with Gasteiger partial charge in [0.25, 0.3) is 5.91 Å². The molecule has 6 nitrogen and oxygen atoms in total. The van der Waals surface area contributed by atoms with E-state index >= 15 is 0 Å². The Morgan fingerprint density at radius 1 is 1.21 bits per heavy atom. The van der Waals surface area contributed by atoms with E-state index in [0.29, 0.717) is 17.5 Å². The SMILES string of the molecule is O=C(NCc1nnc(SC[C@H]2CCCO2)n1Cc1ccccc1)c1cc(C(F)(F)F)ccc1Cl. The first-order chi connectivity index (χ1) is 16.3. The predicted octanol–water partition coefficient (Wildman–Crippen LogP) is 5.20. The Kier molecular flexibility index (Phi) is 7.80. The highest BCUT2D eigenvalue weighted by Gasteiger charge is 2.31. The fourth-order valence-corrected chi connectivity index (χ4v) is 4.78. The minimum absolute atomic E-state index is 0.0221. The van der Waals surface area contributed by atoms with Crippen LogP contribution in [0.1, 0.15) is 40.2 Å². The van der Waals surface area contributed by atoms with Crippen LogP contribution >= 0.6 is 23.4 Å². The first kappa shape index (κ1) is 24.6. The van der Waals surface area contributed by atoms with Gasteiger partial charge in [-0.15, -0.1) is 10.2 Å². The molecule has 180 valence electrons. The number of nitrogens with one attached hydrogen (secondary N) is 1. The van der Waals surface area contributed by atoms with Crippen molar-refractivity contribution in [2.45, 2.75) is 43.4 Å². The number of benzene rings is 2. The van der Waals surface area contributed by atoms with Crippen LogP contribution < -0.4 is 5.32 Å². The van der Waals surface area contributed by atoms with Crippen LogP contribution in [-0.4, -0.2) is 39.1 Å². The molecule has 2 aromatic carbocycles. The molecule has 0 bridgehead atoms. The summed E-state index contributed by atoms with van der Waals surface area (Å²) in [5.74, 6) is 0.494. The summed E-state index contributed by atoms with van der Waals surface area (Å²) in [6.07, 6.45) is -2.37. The second kappa shape index (κ2) is 10.8. The van der Waals surface area contributed by atoms with Crippen molar-refractivity contribution in [1.29, 1.82) is 0 Å². The standard InChI is InChI=1S/C23H22ClF3N4O2S/c24-19-9-8-16(23(25,26)27)11-18(19)21(32)28-12-20-29-30-22(34-14-17-7-4-10-33-17)31(20)13-15-5-2-1-3-6-15/h1-3,5-6,8-9,11,17H,4,7,10,12-14H2,(H,28,32)/t17-/m1/s1. The molecule has 1 fully saturated rings. The Bertz CT molecular complexity index is 1130. The summed E-state index contributed by atoms with van der Waals surface area (Å²) in [4.78, 5) is 12.7. The molecule has 4 rings (SSSR count). The predicted molar refractivity (Wildman–Crippen MR) is 123 cm³/mol. The van der Waals surface area contributed by atoms with Crippen LogP contribution in [-0.2, 0) is 24.0 Å². The largest absolute Gasteiger partial charge is 0.416 e. The lowest BCUT2D eigenvalue weighted by atomic mass is 10.1. The van der Waals surface area contributed by atoms with Gasteiger partial charge in [0.05, 0.1) is 35.3 Å². The molecule has 1 aliphatic heterocycles. The molecule has 11 heteroatoms. The quantitative estimate of drug-likeness (QED) is 0.422. The fraction of sp³-hybridized carbons (Fsp3) is 0.348. The highest BCUT2D eigenvalue weighted by molar-refractivity contribution is 7.99. The fourth-order valence-electron chi connectivity index (χ4n) is 3.55. The molecule has 34 heavy (non-hydrogen) atoms. The molecule has 1 N–H and O–H groups in total. The molecule has 1 atom stereocenters. The van der Waals surface area contributed by atoms with Gasteiger partial charge >= 0.3 is 6.18 Å². The van der Waals surface area contributed by atoms with Crippen molar-refractivity contribution >= 4 is 29.3 Å². The van der Waals surface area contributed by atoms with E-state index < -0.39 is 17.6 Å². The van der Waals surface area contributed by atoms with Crippen LogP contribution in [0.5, 0.6) is 0 Å². The van der Waals surface area contributed by atoms with E-state index in [1.807, 2.05) is 34.9 Å². The van der Waals surface area contributed by atoms with Crippen LogP contribution in [0.3, 0.4) is 0 Å². The second-order valence-electron chi connectivity index (χ2n) is 7.79. The average Bonchev–Trinajstić information content (AvgIpc) is 3.46. The van der Waals surface area contributed by atoms with Crippen molar-refractivity contribution in [2.75, 3.05) is 12.4 Å². The van der Waals surface area contributed by atoms with Crippen LogP contribution in [0.25, 0.3) is 0 Å². The normalized spacial score (nSPS) is 16.1. The maximum absolute atomic E-state index is 13.1. The summed E-state index contributed by atoms with van der Waals surface area (Å²) in [5, 5.41) is 11.7. The molecule has 0 saturated carbocycles. The lowest BCUT2D eigenvalue weighted by Crippen LogP contribution is -2.26. The number of halogens is 4. The third-order valence-corrected chi connectivity index (χ3v) is 6.77. The molecule has 1 amide bonds. The number of nitrogens with zero attached hydrogens (tertiary/aromatic N) is 3. The Morgan fingerprint density at radius 3 is 2.71 bits per heavy atom. The number of carbonyl (C=O) groups is 1. The molecule has 1 aromatic heterocycles. The Hall–Kier alpha value is -2.56. The summed E-state index contributed by atoms with van der Waals surface area (Å²) < 4.78 is 46.7. The molecule has 1 aliphatic rings. The van der Waals surface area contributed by atoms with Crippen LogP contribution in [0.15, 0.2) is 53.7 Å². The third-order valence-electron chi connectivity index (χ3n) is 5.34. The highest BCUT2D eigenvalue weighted by atomic mass is 35.5. The monoisotopic (exact) mass is 510 g/mol. The molecule has 0 spiro atoms. The summed E-state index contributed by atoms with van der Waals surface area (Å²) in [7, 11) is 0. The minimum atomic E-state index is -4.58. The molecule has 3 aromatic rings. The van der Waals surface area contributed by atoms with Crippen LogP contribution in [0.2, 0.25) is 5.02 Å². The molecule has 2 heterocycles. The lowest BCUT2D eigenvalue weighted by Gasteiger charge is -2.13. The first-order valence-corrected chi connectivity index (χ1v) is 12.0. The summed E-state index contributed by atoms with van der Waals surface area (Å²) in [5.41, 5.74) is -0.171. The van der Waals surface area contributed by atoms with E-state index in [1.54, 1.807) is 0 Å². The number of carbonyl (C=O) groups excluding carboxylic acids is 1. The number of hydrogen-bond donors (Lipinski definition) is 1. The zero-order valence-electron chi connectivity index (χ0n) is 18.0. The molecule has 0 radical (unpaired) electrons. The Labute approximate surface area is 203 Å². The van der Waals surface area contributed by atoms with Crippen LogP contribution in [0, 0.1) is 0 Å². The number of amides is 1. The van der Waals surface area contributed by atoms with E-state index in [2.05, 4.69) is 15.5 Å². The second-order valence-corrected chi connectivity index (χ2v) is 9.19. The van der Waals surface area contributed by atoms with E-state index in [9.17, 15) is 18.0 Å². The summed E-state index contributed by atoms with van der Waals surface area (Å²) in [6, 6.07) is 12.4. The average molecular weight is 511 g/mol. The van der Waals surface area contributed by atoms with Gasteiger partial charge in [0.1, 0.15) is 0 Å². The van der Waals surface area contributed by atoms with Gasteiger partial charge in [-0.2, -0.15) is 13.2 Å². The van der Waals surface area contributed by atoms with Gasteiger partial charge in [-0.25, -0.2) is 0 Å². The van der Waals surface area contributed by atoms with E-state index in [0.717, 1.165) is 49.0 Å². The number of thioether (sulfide) groups is 1. The van der Waals surface area contributed by atoms with Gasteiger partial charge in [0, 0.05) is 12.4 Å². The number of rotatable bonds is 8. The Balaban J connectivity index is 1.51. The molecular formula is C23H22ClF3N4O2S. The van der Waals surface area contributed by atoms with Gasteiger partial charge in [0.2, 0.25) is 0 Å². The van der Waals surface area contributed by atoms with Crippen LogP contribution in [0.4, 0.5) is 13.2 Å². The van der Waals surface area contributed by atoms with E-state index in [-0.39, 0.29) is 23.2 Å². The third kappa shape index (κ3) is 6.11. The number of ether oxygens (including phenoxy) is 1. The van der Waals surface area contributed by atoms with Crippen molar-refractivity contribution in [3.05, 3.63) is 76.1 Å². The van der Waals surface area contributed by atoms with Gasteiger partial charge in [-0.3, -0.25) is 4.79 Å². The number of alkyl halides is 3. The van der Waals surface area contributed by atoms with Crippen molar-refractivity contribution in [3.8, 4) is 0 Å². The molecule has 0 unspecified atom stereocenters. The summed E-state index contributed by atoms with van der Waals surface area (Å²) >= 11 is 7.52. The maximum atomic E-state index is 13.1. The van der Waals surface area contributed by atoms with E-state index in [4.69, 9.17) is 16.3 Å². The number of aromatic nitrogens is 3. The zero-order valence-corrected chi connectivity index (χ0v) is 19.6. The van der Waals surface area contributed by atoms with Gasteiger partial charge in [-0.05, 0) is 36.6 Å². The molecular weight excluding hydrogens is 489 g/mol. The van der Waals surface area contributed by atoms with Gasteiger partial charge in [-0.1, -0.05) is 53.7 Å². The Morgan fingerprint density at radius 2 is 2.00 bits per heavy atom. The topological polar surface area (TPSA) is 69.0 Å². The molecule has 1 saturated heterocycles. The lowest BCUT2D eigenvalue weighted by molar-refractivity contribution is -0.137. The molecule has 0 aliphatic carbocycles. The smallest absolute Gasteiger partial charge is 0.377 e. The summed E-state index contributed by atoms with van der Waals surface area (Å²) in [6.45, 7) is 1.22. The van der Waals surface area contributed by atoms with Crippen molar-refractivity contribution in [2.24, 2.45) is 0 Å². The zero-order chi connectivity index (χ0) is 24.1. The highest BCUT2D eigenvalue weighted by Crippen LogP contribution is 2.32. The van der Waals surface area contributed by atoms with Gasteiger partial charge < -0.3 is 14.6 Å². The van der Waals surface area contributed by atoms with E-state index in [1.165, 1.54) is 11.8 Å². The van der Waals surface area contributed by atoms with Crippen molar-refractivity contribution in [1.82, 2.24) is 20.1 Å². The minimum Gasteiger partial charge on any atom is -0.377 e. The first-order valence-electron chi connectivity index (χ1n) is 10.7. The van der Waals surface area contributed by atoms with Crippen molar-refractivity contribution < 1.29 is 22.7 Å². The van der Waals surface area contributed by atoms with Gasteiger partial charge in [0.15, 0.2) is 11.0 Å².